The highest BCUT2D eigenvalue weighted by Gasteiger charge is 2.29. The second-order valence-electron chi connectivity index (χ2n) is 7.18. The average molecular weight is 378 g/mol. The van der Waals surface area contributed by atoms with Crippen molar-refractivity contribution < 1.29 is 14.3 Å². The van der Waals surface area contributed by atoms with Crippen LogP contribution in [0.4, 0.5) is 5.82 Å². The van der Waals surface area contributed by atoms with E-state index in [0.717, 1.165) is 22.2 Å². The van der Waals surface area contributed by atoms with E-state index < -0.39 is 0 Å². The highest BCUT2D eigenvalue weighted by Crippen LogP contribution is 2.30. The minimum absolute atomic E-state index is 0.0781. The van der Waals surface area contributed by atoms with Gasteiger partial charge in [0.15, 0.2) is 5.82 Å². The Balaban J connectivity index is 1.52. The smallest absolute Gasteiger partial charge is 0.252 e. The molecule has 7 heteroatoms. The largest absolute Gasteiger partial charge is 0.491 e. The number of anilines is 1. The van der Waals surface area contributed by atoms with Gasteiger partial charge in [0.2, 0.25) is 5.91 Å². The monoisotopic (exact) mass is 378 g/mol. The first-order valence-corrected chi connectivity index (χ1v) is 9.25. The van der Waals surface area contributed by atoms with Crippen molar-refractivity contribution in [3.63, 3.8) is 0 Å². The van der Waals surface area contributed by atoms with Crippen LogP contribution in [-0.4, -0.2) is 27.7 Å². The molecule has 0 saturated carbocycles. The lowest BCUT2D eigenvalue weighted by Crippen LogP contribution is -2.24. The number of hydrogen-bond acceptors (Lipinski definition) is 4. The van der Waals surface area contributed by atoms with Gasteiger partial charge in [0, 0.05) is 24.1 Å². The molecule has 0 spiro atoms. The second-order valence-corrected chi connectivity index (χ2v) is 7.18. The van der Waals surface area contributed by atoms with Crippen LogP contribution in [0.3, 0.4) is 0 Å². The van der Waals surface area contributed by atoms with Crippen LogP contribution in [-0.2, 0) is 11.8 Å². The van der Waals surface area contributed by atoms with E-state index >= 15 is 0 Å². The molecule has 28 heavy (non-hydrogen) atoms. The number of amides is 2. The van der Waals surface area contributed by atoms with Crippen molar-refractivity contribution in [2.75, 3.05) is 5.32 Å². The number of nitrogens with one attached hydrogen (secondary N) is 2. The van der Waals surface area contributed by atoms with Crippen LogP contribution in [0, 0.1) is 0 Å². The molecule has 0 radical (unpaired) electrons. The molecule has 0 fully saturated rings. The molecule has 1 atom stereocenters. The number of rotatable bonds is 5. The number of fused-ring (bicyclic) bond motifs is 2. The summed E-state index contributed by atoms with van der Waals surface area (Å²) in [6.07, 6.45) is 0.226. The molecule has 2 amide bonds. The van der Waals surface area contributed by atoms with Gasteiger partial charge in [-0.1, -0.05) is 18.2 Å². The molecule has 0 unspecified atom stereocenters. The van der Waals surface area contributed by atoms with E-state index in [-0.39, 0.29) is 30.4 Å². The number of carbonyl (C=O) groups excluding carboxylic acids is 2. The number of nitrogens with zero attached hydrogens (tertiary/aromatic N) is 2. The summed E-state index contributed by atoms with van der Waals surface area (Å²) in [5.41, 5.74) is 2.35. The number of aromatic nitrogens is 2. The van der Waals surface area contributed by atoms with Gasteiger partial charge in [0.25, 0.3) is 5.91 Å². The van der Waals surface area contributed by atoms with Crippen molar-refractivity contribution >= 4 is 28.5 Å². The number of carbonyl (C=O) groups is 2. The number of hydrogen-bond donors (Lipinski definition) is 2. The van der Waals surface area contributed by atoms with Crippen molar-refractivity contribution in [1.29, 1.82) is 0 Å². The van der Waals surface area contributed by atoms with E-state index in [1.807, 2.05) is 57.3 Å². The lowest BCUT2D eigenvalue weighted by atomic mass is 10.0. The summed E-state index contributed by atoms with van der Waals surface area (Å²) in [7, 11) is 1.82. The molecule has 0 aliphatic carbocycles. The normalized spacial score (nSPS) is 15.6. The topological polar surface area (TPSA) is 85.2 Å². The van der Waals surface area contributed by atoms with E-state index in [4.69, 9.17) is 4.74 Å². The van der Waals surface area contributed by atoms with Crippen LogP contribution in [0.1, 0.15) is 42.2 Å². The molecule has 0 saturated heterocycles. The van der Waals surface area contributed by atoms with Crippen LogP contribution >= 0.6 is 0 Å². The Morgan fingerprint density at radius 1 is 1.29 bits per heavy atom. The van der Waals surface area contributed by atoms with Crippen molar-refractivity contribution in [2.24, 2.45) is 7.05 Å². The summed E-state index contributed by atoms with van der Waals surface area (Å²) in [6, 6.07) is 12.7. The summed E-state index contributed by atoms with van der Waals surface area (Å²) in [6.45, 7) is 3.94. The van der Waals surface area contributed by atoms with Gasteiger partial charge in [-0.15, -0.1) is 0 Å². The van der Waals surface area contributed by atoms with Gasteiger partial charge in [-0.25, -0.2) is 0 Å². The van der Waals surface area contributed by atoms with E-state index in [1.54, 1.807) is 10.7 Å². The molecule has 1 aromatic heterocycles. The quantitative estimate of drug-likeness (QED) is 0.714. The molecule has 0 bridgehead atoms. The summed E-state index contributed by atoms with van der Waals surface area (Å²) in [5.74, 6) is 0.906. The van der Waals surface area contributed by atoms with Crippen molar-refractivity contribution in [3.05, 3.63) is 53.6 Å². The summed E-state index contributed by atoms with van der Waals surface area (Å²) >= 11 is 0. The van der Waals surface area contributed by atoms with Crippen molar-refractivity contribution in [2.45, 2.75) is 32.4 Å². The van der Waals surface area contributed by atoms with Crippen LogP contribution in [0.25, 0.3) is 10.9 Å². The summed E-state index contributed by atoms with van der Waals surface area (Å²) < 4.78 is 7.44. The first-order chi connectivity index (χ1) is 13.4. The van der Waals surface area contributed by atoms with Crippen LogP contribution in [0.2, 0.25) is 0 Å². The fourth-order valence-corrected chi connectivity index (χ4v) is 3.53. The fourth-order valence-electron chi connectivity index (χ4n) is 3.53. The standard InChI is InChI=1S/C21H22N4O3/c1-12(2)28-13-8-9-16-18(10-13)25(3)24-20(16)23-19(26)11-17-14-6-4-5-7-15(14)21(27)22-17/h4-10,12,17H,11H2,1-3H3,(H,22,27)(H,23,24,26)/t17-/m1/s1. The third-order valence-corrected chi connectivity index (χ3v) is 4.73. The second kappa shape index (κ2) is 6.99. The lowest BCUT2D eigenvalue weighted by Gasteiger charge is -2.11. The van der Waals surface area contributed by atoms with Gasteiger partial charge in [-0.05, 0) is 37.6 Å². The highest BCUT2D eigenvalue weighted by molar-refractivity contribution is 6.02. The molecule has 4 rings (SSSR count). The Morgan fingerprint density at radius 2 is 2.07 bits per heavy atom. The Bertz CT molecular complexity index is 1070. The Hall–Kier alpha value is -3.35. The minimum atomic E-state index is -0.329. The van der Waals surface area contributed by atoms with Crippen LogP contribution in [0.15, 0.2) is 42.5 Å². The first kappa shape index (κ1) is 18.0. The van der Waals surface area contributed by atoms with Gasteiger partial charge in [0.05, 0.1) is 24.1 Å². The average Bonchev–Trinajstić information content (AvgIpc) is 3.12. The molecule has 144 valence electrons. The van der Waals surface area contributed by atoms with Gasteiger partial charge < -0.3 is 15.4 Å². The number of benzene rings is 2. The van der Waals surface area contributed by atoms with E-state index in [0.29, 0.717) is 11.4 Å². The lowest BCUT2D eigenvalue weighted by molar-refractivity contribution is -0.116. The molecule has 1 aliphatic rings. The van der Waals surface area contributed by atoms with E-state index in [2.05, 4.69) is 15.7 Å². The SMILES string of the molecule is CC(C)Oc1ccc2c(NC(=O)C[C@H]3NC(=O)c4ccccc43)nn(C)c2c1. The summed E-state index contributed by atoms with van der Waals surface area (Å²) in [4.78, 5) is 24.6. The minimum Gasteiger partial charge on any atom is -0.491 e. The van der Waals surface area contributed by atoms with E-state index in [9.17, 15) is 9.59 Å². The van der Waals surface area contributed by atoms with Crippen molar-refractivity contribution in [1.82, 2.24) is 15.1 Å². The zero-order valence-electron chi connectivity index (χ0n) is 16.0. The third-order valence-electron chi connectivity index (χ3n) is 4.73. The molecule has 2 heterocycles. The Morgan fingerprint density at radius 3 is 2.86 bits per heavy atom. The molecule has 3 aromatic rings. The molecule has 2 N–H and O–H groups in total. The maximum Gasteiger partial charge on any atom is 0.252 e. The fraction of sp³-hybridized carbons (Fsp3) is 0.286. The predicted molar refractivity (Wildman–Crippen MR) is 106 cm³/mol. The molecular weight excluding hydrogens is 356 g/mol. The molecule has 1 aliphatic heterocycles. The van der Waals surface area contributed by atoms with Crippen molar-refractivity contribution in [3.8, 4) is 5.75 Å². The van der Waals surface area contributed by atoms with E-state index in [1.165, 1.54) is 0 Å². The summed E-state index contributed by atoms with van der Waals surface area (Å²) in [5, 5.41) is 11.0. The highest BCUT2D eigenvalue weighted by atomic mass is 16.5. The molecular formula is C21H22N4O3. The van der Waals surface area contributed by atoms with Crippen LogP contribution < -0.4 is 15.4 Å². The maximum atomic E-state index is 12.6. The molecule has 2 aromatic carbocycles. The van der Waals surface area contributed by atoms with Gasteiger partial charge in [0.1, 0.15) is 5.75 Å². The predicted octanol–water partition coefficient (Wildman–Crippen LogP) is 3.17. The van der Waals surface area contributed by atoms with Crippen LogP contribution in [0.5, 0.6) is 5.75 Å². The van der Waals surface area contributed by atoms with Gasteiger partial charge in [-0.2, -0.15) is 5.10 Å². The number of aryl methyl sites for hydroxylation is 1. The van der Waals surface area contributed by atoms with Gasteiger partial charge >= 0.3 is 0 Å². The molecule has 7 nitrogen and oxygen atoms in total. The Kier molecular flexibility index (Phi) is 4.50. The zero-order valence-corrected chi connectivity index (χ0v) is 16.0. The zero-order chi connectivity index (χ0) is 19.8. The first-order valence-electron chi connectivity index (χ1n) is 9.25. The maximum absolute atomic E-state index is 12.6. The van der Waals surface area contributed by atoms with Gasteiger partial charge in [-0.3, -0.25) is 14.3 Å². The number of ether oxygens (including phenoxy) is 1. The third kappa shape index (κ3) is 3.31. The Labute approximate surface area is 162 Å².